The summed E-state index contributed by atoms with van der Waals surface area (Å²) in [6, 6.07) is 7.50. The van der Waals surface area contributed by atoms with E-state index in [-0.39, 0.29) is 23.7 Å². The molecule has 21 heavy (non-hydrogen) atoms. The molecule has 1 aliphatic heterocycles. The lowest BCUT2D eigenvalue weighted by molar-refractivity contribution is -0.140. The molecule has 1 aromatic carbocycles. The Kier molecular flexibility index (Phi) is 4.10. The molecule has 0 radical (unpaired) electrons. The number of benzene rings is 1. The molecular weight excluding hydrogens is 334 g/mol. The maximum atomic E-state index is 12.3. The Morgan fingerprint density at radius 2 is 1.81 bits per heavy atom. The fourth-order valence-corrected chi connectivity index (χ4v) is 3.28. The monoisotopic (exact) mass is 349 g/mol. The number of ether oxygens (including phenoxy) is 1. The Labute approximate surface area is 131 Å². The Balaban J connectivity index is 1.58. The topological polar surface area (TPSA) is 46.6 Å². The van der Waals surface area contributed by atoms with Crippen molar-refractivity contribution in [2.45, 2.75) is 12.8 Å². The number of amides is 2. The lowest BCUT2D eigenvalue weighted by Crippen LogP contribution is -2.34. The van der Waals surface area contributed by atoms with Crippen molar-refractivity contribution in [1.29, 1.82) is 0 Å². The van der Waals surface area contributed by atoms with E-state index in [1.165, 1.54) is 4.90 Å². The van der Waals surface area contributed by atoms with Gasteiger partial charge in [0.1, 0.15) is 12.4 Å². The van der Waals surface area contributed by atoms with Gasteiger partial charge < -0.3 is 4.74 Å². The fourth-order valence-electron chi connectivity index (χ4n) is 2.90. The van der Waals surface area contributed by atoms with E-state index < -0.39 is 0 Å². The third-order valence-corrected chi connectivity index (χ3v) is 4.47. The Hall–Kier alpha value is -1.62. The minimum absolute atomic E-state index is 0.0489. The van der Waals surface area contributed by atoms with Crippen LogP contribution in [0.15, 0.2) is 40.9 Å². The van der Waals surface area contributed by atoms with Crippen molar-refractivity contribution in [3.63, 3.8) is 0 Å². The highest BCUT2D eigenvalue weighted by Gasteiger charge is 2.46. The van der Waals surface area contributed by atoms with E-state index in [0.717, 1.165) is 10.2 Å². The van der Waals surface area contributed by atoms with Gasteiger partial charge in [-0.1, -0.05) is 34.1 Å². The number of likely N-dealkylation sites (tertiary alicyclic amines) is 1. The lowest BCUT2D eigenvalue weighted by atomic mass is 9.85. The van der Waals surface area contributed by atoms with E-state index >= 15 is 0 Å². The molecule has 0 spiro atoms. The van der Waals surface area contributed by atoms with Crippen LogP contribution in [-0.4, -0.2) is 29.9 Å². The quantitative estimate of drug-likeness (QED) is 0.620. The Morgan fingerprint density at radius 1 is 1.14 bits per heavy atom. The number of fused-ring (bicyclic) bond motifs is 1. The summed E-state index contributed by atoms with van der Waals surface area (Å²) in [5.74, 6) is 0.309. The number of hydrogen-bond acceptors (Lipinski definition) is 3. The van der Waals surface area contributed by atoms with Gasteiger partial charge in [-0.2, -0.15) is 0 Å². The second-order valence-corrected chi connectivity index (χ2v) is 6.21. The molecule has 2 atom stereocenters. The van der Waals surface area contributed by atoms with Crippen LogP contribution in [-0.2, 0) is 9.59 Å². The second-order valence-electron chi connectivity index (χ2n) is 5.29. The summed E-state index contributed by atoms with van der Waals surface area (Å²) < 4.78 is 6.54. The molecule has 3 rings (SSSR count). The van der Waals surface area contributed by atoms with E-state index in [0.29, 0.717) is 26.0 Å². The first-order valence-electron chi connectivity index (χ1n) is 7.05. The van der Waals surface area contributed by atoms with Gasteiger partial charge in [0.15, 0.2) is 0 Å². The molecule has 0 saturated carbocycles. The summed E-state index contributed by atoms with van der Waals surface area (Å²) in [6.45, 7) is 0.637. The number of nitrogens with zero attached hydrogens (tertiary/aromatic N) is 1. The molecule has 0 aromatic heterocycles. The van der Waals surface area contributed by atoms with Crippen molar-refractivity contribution in [3.8, 4) is 5.75 Å². The molecular formula is C16H16BrNO3. The molecule has 110 valence electrons. The van der Waals surface area contributed by atoms with Gasteiger partial charge in [0.05, 0.1) is 18.4 Å². The second kappa shape index (κ2) is 6.02. The van der Waals surface area contributed by atoms with E-state index in [1.807, 2.05) is 36.4 Å². The fraction of sp³-hybridized carbons (Fsp3) is 0.375. The smallest absolute Gasteiger partial charge is 0.233 e. The van der Waals surface area contributed by atoms with E-state index in [2.05, 4.69) is 15.9 Å². The molecule has 1 aliphatic carbocycles. The Bertz CT molecular complexity index is 573. The van der Waals surface area contributed by atoms with Crippen LogP contribution in [0, 0.1) is 11.8 Å². The molecule has 1 heterocycles. The van der Waals surface area contributed by atoms with Gasteiger partial charge >= 0.3 is 0 Å². The summed E-state index contributed by atoms with van der Waals surface area (Å²) in [5, 5.41) is 0. The summed E-state index contributed by atoms with van der Waals surface area (Å²) in [5.41, 5.74) is 0. The van der Waals surface area contributed by atoms with Crippen LogP contribution in [0.25, 0.3) is 0 Å². The highest BCUT2D eigenvalue weighted by Crippen LogP contribution is 2.34. The third-order valence-electron chi connectivity index (χ3n) is 3.98. The standard InChI is InChI=1S/C16H16BrNO3/c17-11-4-3-5-12(10-11)21-9-8-18-15(19)13-6-1-2-7-14(13)16(18)20/h1-5,10,13-14H,6-9H2/t13-,14+. The zero-order valence-corrected chi connectivity index (χ0v) is 13.1. The molecule has 5 heteroatoms. The van der Waals surface area contributed by atoms with Gasteiger partial charge in [0.2, 0.25) is 11.8 Å². The summed E-state index contributed by atoms with van der Waals surface area (Å²) in [7, 11) is 0. The summed E-state index contributed by atoms with van der Waals surface area (Å²) >= 11 is 3.38. The summed E-state index contributed by atoms with van der Waals surface area (Å²) in [6.07, 6.45) is 5.35. The van der Waals surface area contributed by atoms with Crippen molar-refractivity contribution in [1.82, 2.24) is 4.90 Å². The van der Waals surface area contributed by atoms with Gasteiger partial charge in [0.25, 0.3) is 0 Å². The van der Waals surface area contributed by atoms with Crippen molar-refractivity contribution in [2.75, 3.05) is 13.2 Å². The van der Waals surface area contributed by atoms with E-state index in [1.54, 1.807) is 0 Å². The predicted molar refractivity (Wildman–Crippen MR) is 81.7 cm³/mol. The number of carbonyl (C=O) groups is 2. The van der Waals surface area contributed by atoms with Crippen LogP contribution in [0.1, 0.15) is 12.8 Å². The van der Waals surface area contributed by atoms with Gasteiger partial charge in [-0.3, -0.25) is 14.5 Å². The zero-order chi connectivity index (χ0) is 14.8. The molecule has 0 N–H and O–H groups in total. The first-order valence-corrected chi connectivity index (χ1v) is 7.84. The van der Waals surface area contributed by atoms with Crippen LogP contribution in [0.5, 0.6) is 5.75 Å². The average molecular weight is 350 g/mol. The maximum absolute atomic E-state index is 12.3. The molecule has 1 aromatic rings. The highest BCUT2D eigenvalue weighted by molar-refractivity contribution is 9.10. The van der Waals surface area contributed by atoms with Crippen LogP contribution in [0.2, 0.25) is 0 Å². The minimum Gasteiger partial charge on any atom is -0.492 e. The Morgan fingerprint density at radius 3 is 2.43 bits per heavy atom. The molecule has 2 amide bonds. The lowest BCUT2D eigenvalue weighted by Gasteiger charge is -2.15. The number of imide groups is 1. The molecule has 1 saturated heterocycles. The molecule has 1 fully saturated rings. The largest absolute Gasteiger partial charge is 0.492 e. The van der Waals surface area contributed by atoms with Crippen LogP contribution in [0.4, 0.5) is 0 Å². The van der Waals surface area contributed by atoms with Gasteiger partial charge in [-0.15, -0.1) is 0 Å². The van der Waals surface area contributed by atoms with Gasteiger partial charge in [-0.25, -0.2) is 0 Å². The van der Waals surface area contributed by atoms with Gasteiger partial charge in [0, 0.05) is 4.47 Å². The predicted octanol–water partition coefficient (Wildman–Crippen LogP) is 2.78. The maximum Gasteiger partial charge on any atom is 0.233 e. The van der Waals surface area contributed by atoms with E-state index in [9.17, 15) is 9.59 Å². The highest BCUT2D eigenvalue weighted by atomic mass is 79.9. The minimum atomic E-state index is -0.159. The molecule has 0 bridgehead atoms. The van der Waals surface area contributed by atoms with Crippen molar-refractivity contribution in [2.24, 2.45) is 11.8 Å². The van der Waals surface area contributed by atoms with Crippen molar-refractivity contribution < 1.29 is 14.3 Å². The number of carbonyl (C=O) groups excluding carboxylic acids is 2. The third kappa shape index (κ3) is 2.88. The SMILES string of the molecule is O=C1[C@H]2CC=CC[C@H]2C(=O)N1CCOc1cccc(Br)c1. The summed E-state index contributed by atoms with van der Waals surface area (Å²) in [4.78, 5) is 25.9. The van der Waals surface area contributed by atoms with Crippen LogP contribution in [0.3, 0.4) is 0 Å². The normalized spacial score (nSPS) is 24.3. The van der Waals surface area contributed by atoms with Gasteiger partial charge in [-0.05, 0) is 31.0 Å². The van der Waals surface area contributed by atoms with Crippen LogP contribution >= 0.6 is 15.9 Å². The number of allylic oxidation sites excluding steroid dienone is 2. The van der Waals surface area contributed by atoms with Crippen LogP contribution < -0.4 is 4.74 Å². The average Bonchev–Trinajstić information content (AvgIpc) is 2.73. The van der Waals surface area contributed by atoms with Crippen molar-refractivity contribution in [3.05, 3.63) is 40.9 Å². The molecule has 4 nitrogen and oxygen atoms in total. The first-order chi connectivity index (χ1) is 10.2. The number of halogens is 1. The molecule has 0 unspecified atom stereocenters. The number of hydrogen-bond donors (Lipinski definition) is 0. The number of rotatable bonds is 4. The van der Waals surface area contributed by atoms with E-state index in [4.69, 9.17) is 4.74 Å². The van der Waals surface area contributed by atoms with Crippen molar-refractivity contribution >= 4 is 27.7 Å². The molecule has 2 aliphatic rings. The zero-order valence-electron chi connectivity index (χ0n) is 11.5. The first kappa shape index (κ1) is 14.3.